The van der Waals surface area contributed by atoms with E-state index in [1.807, 2.05) is 18.2 Å². The zero-order valence-corrected chi connectivity index (χ0v) is 8.94. The SMILES string of the molecule is Nc1ccc2c(c1)C1=C(C=CC=CC1)CO2. The number of nitrogens with two attached hydrogens (primary N) is 1. The van der Waals surface area contributed by atoms with E-state index in [-0.39, 0.29) is 0 Å². The lowest BCUT2D eigenvalue weighted by molar-refractivity contribution is 0.349. The molecule has 2 heteroatoms. The quantitative estimate of drug-likeness (QED) is 0.670. The Morgan fingerprint density at radius 2 is 2.12 bits per heavy atom. The van der Waals surface area contributed by atoms with Gasteiger partial charge in [0.15, 0.2) is 0 Å². The molecule has 0 spiro atoms. The molecule has 2 N–H and O–H groups in total. The van der Waals surface area contributed by atoms with Crippen LogP contribution in [-0.4, -0.2) is 6.61 Å². The van der Waals surface area contributed by atoms with Gasteiger partial charge in [0, 0.05) is 11.3 Å². The summed E-state index contributed by atoms with van der Waals surface area (Å²) >= 11 is 0. The summed E-state index contributed by atoms with van der Waals surface area (Å²) in [4.78, 5) is 0. The Bertz CT molecular complexity index is 524. The molecule has 0 radical (unpaired) electrons. The van der Waals surface area contributed by atoms with Crippen LogP contribution in [0.2, 0.25) is 0 Å². The molecule has 1 aliphatic carbocycles. The molecule has 2 aliphatic rings. The topological polar surface area (TPSA) is 35.2 Å². The van der Waals surface area contributed by atoms with Gasteiger partial charge in [-0.3, -0.25) is 0 Å². The molecular weight excluding hydrogens is 198 g/mol. The summed E-state index contributed by atoms with van der Waals surface area (Å²) in [5.41, 5.74) is 10.3. The first-order chi connectivity index (χ1) is 7.84. The maximum atomic E-state index is 5.83. The lowest BCUT2D eigenvalue weighted by Gasteiger charge is -2.22. The van der Waals surface area contributed by atoms with Crippen LogP contribution in [0.15, 0.2) is 48.1 Å². The van der Waals surface area contributed by atoms with Gasteiger partial charge in [-0.1, -0.05) is 24.3 Å². The number of hydrogen-bond donors (Lipinski definition) is 1. The van der Waals surface area contributed by atoms with Gasteiger partial charge >= 0.3 is 0 Å². The van der Waals surface area contributed by atoms with Crippen LogP contribution in [0.5, 0.6) is 5.75 Å². The molecule has 0 amide bonds. The largest absolute Gasteiger partial charge is 0.488 e. The summed E-state index contributed by atoms with van der Waals surface area (Å²) in [5.74, 6) is 0.941. The predicted molar refractivity (Wildman–Crippen MR) is 66.2 cm³/mol. The molecule has 1 aromatic carbocycles. The highest BCUT2D eigenvalue weighted by Gasteiger charge is 2.18. The average molecular weight is 211 g/mol. The van der Waals surface area contributed by atoms with Crippen LogP contribution in [-0.2, 0) is 0 Å². The molecule has 0 unspecified atom stereocenters. The molecule has 1 aliphatic heterocycles. The molecule has 0 saturated carbocycles. The van der Waals surface area contributed by atoms with Gasteiger partial charge in [0.05, 0.1) is 0 Å². The summed E-state index contributed by atoms with van der Waals surface area (Å²) in [7, 11) is 0. The fraction of sp³-hybridized carbons (Fsp3) is 0.143. The van der Waals surface area contributed by atoms with E-state index in [0.29, 0.717) is 6.61 Å². The summed E-state index contributed by atoms with van der Waals surface area (Å²) in [6.45, 7) is 0.657. The molecule has 80 valence electrons. The van der Waals surface area contributed by atoms with Crippen molar-refractivity contribution in [3.05, 3.63) is 53.6 Å². The van der Waals surface area contributed by atoms with Crippen molar-refractivity contribution in [3.8, 4) is 5.75 Å². The highest BCUT2D eigenvalue weighted by atomic mass is 16.5. The maximum absolute atomic E-state index is 5.83. The lowest BCUT2D eigenvalue weighted by Crippen LogP contribution is -2.10. The van der Waals surface area contributed by atoms with Crippen LogP contribution in [0.3, 0.4) is 0 Å². The van der Waals surface area contributed by atoms with Crippen LogP contribution in [0.1, 0.15) is 12.0 Å². The Morgan fingerprint density at radius 3 is 3.06 bits per heavy atom. The number of hydrogen-bond acceptors (Lipinski definition) is 2. The minimum atomic E-state index is 0.657. The normalized spacial score (nSPS) is 17.5. The Hall–Kier alpha value is -1.96. The summed E-state index contributed by atoms with van der Waals surface area (Å²) in [5, 5.41) is 0. The van der Waals surface area contributed by atoms with E-state index in [4.69, 9.17) is 10.5 Å². The molecule has 2 nitrogen and oxygen atoms in total. The lowest BCUT2D eigenvalue weighted by atomic mass is 9.94. The van der Waals surface area contributed by atoms with Crippen molar-refractivity contribution in [1.29, 1.82) is 0 Å². The van der Waals surface area contributed by atoms with E-state index in [2.05, 4.69) is 24.3 Å². The van der Waals surface area contributed by atoms with Crippen LogP contribution >= 0.6 is 0 Å². The third-order valence-electron chi connectivity index (χ3n) is 2.97. The van der Waals surface area contributed by atoms with Gasteiger partial charge in [0.2, 0.25) is 0 Å². The number of fused-ring (bicyclic) bond motifs is 2. The van der Waals surface area contributed by atoms with Crippen LogP contribution in [0.4, 0.5) is 5.69 Å². The molecule has 0 bridgehead atoms. The van der Waals surface area contributed by atoms with E-state index >= 15 is 0 Å². The first kappa shape index (κ1) is 9.28. The summed E-state index contributed by atoms with van der Waals surface area (Å²) < 4.78 is 5.71. The first-order valence-corrected chi connectivity index (χ1v) is 5.42. The van der Waals surface area contributed by atoms with E-state index in [9.17, 15) is 0 Å². The van der Waals surface area contributed by atoms with Gasteiger partial charge < -0.3 is 10.5 Å². The molecule has 16 heavy (non-hydrogen) atoms. The van der Waals surface area contributed by atoms with E-state index in [1.54, 1.807) is 0 Å². The van der Waals surface area contributed by atoms with Crippen LogP contribution in [0, 0.1) is 0 Å². The fourth-order valence-corrected chi connectivity index (χ4v) is 2.15. The van der Waals surface area contributed by atoms with Crippen LogP contribution in [0.25, 0.3) is 5.57 Å². The zero-order valence-electron chi connectivity index (χ0n) is 8.94. The number of rotatable bonds is 0. The molecule has 0 fully saturated rings. The predicted octanol–water partition coefficient (Wildman–Crippen LogP) is 2.93. The van der Waals surface area contributed by atoms with Crippen molar-refractivity contribution in [2.75, 3.05) is 12.3 Å². The second kappa shape index (κ2) is 3.56. The zero-order chi connectivity index (χ0) is 11.0. The number of ether oxygens (including phenoxy) is 1. The monoisotopic (exact) mass is 211 g/mol. The minimum Gasteiger partial charge on any atom is -0.488 e. The first-order valence-electron chi connectivity index (χ1n) is 5.42. The number of allylic oxidation sites excluding steroid dienone is 4. The standard InChI is InChI=1S/C14H13NO/c15-11-6-7-14-13(8-11)12-5-3-1-2-4-10(12)9-16-14/h1-4,6-8H,5,9,15H2. The van der Waals surface area contributed by atoms with Gasteiger partial charge in [0.25, 0.3) is 0 Å². The van der Waals surface area contributed by atoms with Crippen molar-refractivity contribution < 1.29 is 4.74 Å². The second-order valence-corrected chi connectivity index (χ2v) is 4.04. The van der Waals surface area contributed by atoms with E-state index < -0.39 is 0 Å². The number of anilines is 1. The molecular formula is C14H13NO. The van der Waals surface area contributed by atoms with Crippen molar-refractivity contribution in [1.82, 2.24) is 0 Å². The Morgan fingerprint density at radius 1 is 1.19 bits per heavy atom. The summed E-state index contributed by atoms with van der Waals surface area (Å²) in [6.07, 6.45) is 9.36. The number of nitrogen functional groups attached to an aromatic ring is 1. The van der Waals surface area contributed by atoms with E-state index in [1.165, 1.54) is 11.1 Å². The Kier molecular flexibility index (Phi) is 2.07. The van der Waals surface area contributed by atoms with Crippen molar-refractivity contribution >= 4 is 11.3 Å². The minimum absolute atomic E-state index is 0.657. The smallest absolute Gasteiger partial charge is 0.127 e. The van der Waals surface area contributed by atoms with Crippen LogP contribution < -0.4 is 10.5 Å². The molecule has 1 heterocycles. The van der Waals surface area contributed by atoms with Gasteiger partial charge in [-0.2, -0.15) is 0 Å². The molecule has 1 aromatic rings. The van der Waals surface area contributed by atoms with Crippen molar-refractivity contribution in [3.63, 3.8) is 0 Å². The van der Waals surface area contributed by atoms with Gasteiger partial charge in [0.1, 0.15) is 12.4 Å². The third kappa shape index (κ3) is 1.43. The maximum Gasteiger partial charge on any atom is 0.127 e. The number of benzene rings is 1. The highest BCUT2D eigenvalue weighted by Crippen LogP contribution is 2.37. The second-order valence-electron chi connectivity index (χ2n) is 4.04. The Balaban J connectivity index is 2.18. The van der Waals surface area contributed by atoms with Gasteiger partial charge in [-0.25, -0.2) is 0 Å². The van der Waals surface area contributed by atoms with Crippen molar-refractivity contribution in [2.24, 2.45) is 0 Å². The van der Waals surface area contributed by atoms with E-state index in [0.717, 1.165) is 23.4 Å². The van der Waals surface area contributed by atoms with Crippen molar-refractivity contribution in [2.45, 2.75) is 6.42 Å². The molecule has 0 atom stereocenters. The highest BCUT2D eigenvalue weighted by molar-refractivity contribution is 5.79. The third-order valence-corrected chi connectivity index (χ3v) is 2.97. The summed E-state index contributed by atoms with van der Waals surface area (Å²) in [6, 6.07) is 5.83. The Labute approximate surface area is 94.7 Å². The fourth-order valence-electron chi connectivity index (χ4n) is 2.15. The molecule has 3 rings (SSSR count). The van der Waals surface area contributed by atoms with Gasteiger partial charge in [-0.15, -0.1) is 0 Å². The average Bonchev–Trinajstić information content (AvgIpc) is 2.54. The molecule has 0 aromatic heterocycles. The molecule has 0 saturated heterocycles. The van der Waals surface area contributed by atoms with Gasteiger partial charge in [-0.05, 0) is 35.8 Å².